The normalized spacial score (nSPS) is 13.6. The van der Waals surface area contributed by atoms with Crippen molar-refractivity contribution in [1.29, 1.82) is 5.26 Å². The van der Waals surface area contributed by atoms with Gasteiger partial charge in [-0.1, -0.05) is 0 Å². The van der Waals surface area contributed by atoms with Gasteiger partial charge in [0.1, 0.15) is 0 Å². The summed E-state index contributed by atoms with van der Waals surface area (Å²) in [5, 5.41) is 13.8. The predicted molar refractivity (Wildman–Crippen MR) is 108 cm³/mol. The average molecular weight is 373 g/mol. The number of benzene rings is 1. The summed E-state index contributed by atoms with van der Waals surface area (Å²) in [6, 6.07) is 7.82. The molecule has 0 atom stereocenters. The fourth-order valence-electron chi connectivity index (χ4n) is 3.55. The van der Waals surface area contributed by atoms with Crippen molar-refractivity contribution in [3.8, 4) is 17.5 Å². The lowest BCUT2D eigenvalue weighted by Gasteiger charge is -2.14. The van der Waals surface area contributed by atoms with Crippen LogP contribution in [0.25, 0.3) is 11.4 Å². The fraction of sp³-hybridized carbons (Fsp3) is 0.333. The van der Waals surface area contributed by atoms with Gasteiger partial charge in [-0.2, -0.15) is 10.4 Å². The van der Waals surface area contributed by atoms with Crippen molar-refractivity contribution >= 4 is 5.69 Å². The van der Waals surface area contributed by atoms with Crippen molar-refractivity contribution in [3.05, 3.63) is 59.7 Å². The summed E-state index contributed by atoms with van der Waals surface area (Å²) in [6.07, 6.45) is 10.8. The molecule has 3 heterocycles. The Morgan fingerprint density at radius 2 is 1.89 bits per heavy atom. The number of rotatable bonds is 6. The Hall–Kier alpha value is -3.24. The molecule has 0 saturated carbocycles. The standard InChI is InChI=1S/C21H23N7/c22-6-5-17-11-24-21(25-12-17)20-4-3-16(10-23)9-18(20)14-28-15-19(13-26-28)27-7-1-2-8-27/h3-4,9,11-13,15H,1-2,5-8,14,22H2. The molecule has 2 N–H and O–H groups in total. The van der Waals surface area contributed by atoms with E-state index in [4.69, 9.17) is 5.73 Å². The zero-order chi connectivity index (χ0) is 19.3. The summed E-state index contributed by atoms with van der Waals surface area (Å²) in [6.45, 7) is 3.31. The summed E-state index contributed by atoms with van der Waals surface area (Å²) in [7, 11) is 0. The van der Waals surface area contributed by atoms with Crippen LogP contribution in [0.5, 0.6) is 0 Å². The topological polar surface area (TPSA) is 96.7 Å². The molecule has 1 aliphatic heterocycles. The summed E-state index contributed by atoms with van der Waals surface area (Å²) >= 11 is 0. The monoisotopic (exact) mass is 373 g/mol. The Morgan fingerprint density at radius 3 is 2.61 bits per heavy atom. The molecular weight excluding hydrogens is 350 g/mol. The first-order valence-electron chi connectivity index (χ1n) is 9.58. The molecule has 0 aliphatic carbocycles. The fourth-order valence-corrected chi connectivity index (χ4v) is 3.55. The third-order valence-electron chi connectivity index (χ3n) is 5.04. The molecule has 0 spiro atoms. The van der Waals surface area contributed by atoms with Gasteiger partial charge < -0.3 is 10.6 Å². The maximum atomic E-state index is 9.31. The van der Waals surface area contributed by atoms with E-state index in [9.17, 15) is 5.26 Å². The Kier molecular flexibility index (Phi) is 5.31. The van der Waals surface area contributed by atoms with Crippen molar-refractivity contribution in [2.75, 3.05) is 24.5 Å². The van der Waals surface area contributed by atoms with Crippen LogP contribution in [0.4, 0.5) is 5.69 Å². The minimum absolute atomic E-state index is 0.562. The number of aromatic nitrogens is 4. The molecule has 0 radical (unpaired) electrons. The Morgan fingerprint density at radius 1 is 1.11 bits per heavy atom. The van der Waals surface area contributed by atoms with Crippen LogP contribution in [0.1, 0.15) is 29.5 Å². The molecule has 1 fully saturated rings. The molecule has 1 saturated heterocycles. The minimum atomic E-state index is 0.562. The SMILES string of the molecule is N#Cc1ccc(-c2ncc(CCN)cn2)c(Cn2cc(N3CCCC3)cn2)c1. The predicted octanol–water partition coefficient (Wildman–Crippen LogP) is 2.36. The molecule has 0 bridgehead atoms. The molecular formula is C21H23N7. The van der Waals surface area contributed by atoms with E-state index in [2.05, 4.69) is 32.2 Å². The first kappa shape index (κ1) is 18.1. The zero-order valence-electron chi connectivity index (χ0n) is 15.8. The quantitative estimate of drug-likeness (QED) is 0.712. The number of nitriles is 1. The lowest BCUT2D eigenvalue weighted by atomic mass is 10.0. The third kappa shape index (κ3) is 3.87. The van der Waals surface area contributed by atoms with E-state index < -0.39 is 0 Å². The van der Waals surface area contributed by atoms with Crippen LogP contribution in [0.3, 0.4) is 0 Å². The summed E-state index contributed by atoms with van der Waals surface area (Å²) in [4.78, 5) is 11.4. The number of nitrogens with zero attached hydrogens (tertiary/aromatic N) is 6. The number of hydrogen-bond donors (Lipinski definition) is 1. The molecule has 0 unspecified atom stereocenters. The van der Waals surface area contributed by atoms with Gasteiger partial charge in [0.05, 0.1) is 30.1 Å². The van der Waals surface area contributed by atoms with Crippen LogP contribution in [-0.2, 0) is 13.0 Å². The first-order chi connectivity index (χ1) is 13.8. The average Bonchev–Trinajstić information content (AvgIpc) is 3.41. The van der Waals surface area contributed by atoms with Crippen LogP contribution >= 0.6 is 0 Å². The van der Waals surface area contributed by atoms with Gasteiger partial charge in [0, 0.05) is 37.2 Å². The maximum Gasteiger partial charge on any atom is 0.159 e. The number of hydrogen-bond acceptors (Lipinski definition) is 6. The Labute approximate surface area is 164 Å². The van der Waals surface area contributed by atoms with Crippen LogP contribution in [-0.4, -0.2) is 39.4 Å². The molecule has 7 heteroatoms. The Bertz CT molecular complexity index is 979. The van der Waals surface area contributed by atoms with Crippen LogP contribution in [0.2, 0.25) is 0 Å². The largest absolute Gasteiger partial charge is 0.369 e. The molecule has 2 aromatic heterocycles. The van der Waals surface area contributed by atoms with Gasteiger partial charge in [-0.25, -0.2) is 9.97 Å². The second kappa shape index (κ2) is 8.19. The van der Waals surface area contributed by atoms with Crippen LogP contribution < -0.4 is 10.6 Å². The van der Waals surface area contributed by atoms with Gasteiger partial charge in [-0.15, -0.1) is 0 Å². The minimum Gasteiger partial charge on any atom is -0.369 e. The van der Waals surface area contributed by atoms with Gasteiger partial charge in [0.15, 0.2) is 5.82 Å². The Balaban J connectivity index is 1.63. The second-order valence-corrected chi connectivity index (χ2v) is 7.03. The van der Waals surface area contributed by atoms with E-state index in [1.165, 1.54) is 12.8 Å². The number of nitrogens with two attached hydrogens (primary N) is 1. The van der Waals surface area contributed by atoms with Crippen molar-refractivity contribution < 1.29 is 0 Å². The van der Waals surface area contributed by atoms with E-state index in [0.717, 1.165) is 41.9 Å². The highest BCUT2D eigenvalue weighted by atomic mass is 15.3. The summed E-state index contributed by atoms with van der Waals surface area (Å²) in [5.41, 5.74) is 10.3. The van der Waals surface area contributed by atoms with E-state index in [1.807, 2.05) is 35.4 Å². The van der Waals surface area contributed by atoms with E-state index in [1.54, 1.807) is 6.07 Å². The van der Waals surface area contributed by atoms with Crippen molar-refractivity contribution in [3.63, 3.8) is 0 Å². The molecule has 1 aliphatic rings. The van der Waals surface area contributed by atoms with Crippen molar-refractivity contribution in [2.24, 2.45) is 5.73 Å². The van der Waals surface area contributed by atoms with Crippen molar-refractivity contribution in [1.82, 2.24) is 19.7 Å². The van der Waals surface area contributed by atoms with Crippen LogP contribution in [0.15, 0.2) is 43.0 Å². The summed E-state index contributed by atoms with van der Waals surface area (Å²) in [5.74, 6) is 0.646. The molecule has 4 rings (SSSR count). The molecule has 28 heavy (non-hydrogen) atoms. The molecule has 7 nitrogen and oxygen atoms in total. The van der Waals surface area contributed by atoms with E-state index in [-0.39, 0.29) is 0 Å². The highest BCUT2D eigenvalue weighted by Crippen LogP contribution is 2.24. The van der Waals surface area contributed by atoms with Gasteiger partial charge in [-0.05, 0) is 55.1 Å². The molecule has 142 valence electrons. The smallest absolute Gasteiger partial charge is 0.159 e. The summed E-state index contributed by atoms with van der Waals surface area (Å²) < 4.78 is 1.91. The lowest BCUT2D eigenvalue weighted by Crippen LogP contribution is -2.16. The van der Waals surface area contributed by atoms with E-state index in [0.29, 0.717) is 24.5 Å². The van der Waals surface area contributed by atoms with Crippen LogP contribution in [0, 0.1) is 11.3 Å². The number of anilines is 1. The lowest BCUT2D eigenvalue weighted by molar-refractivity contribution is 0.687. The van der Waals surface area contributed by atoms with Gasteiger partial charge in [-0.3, -0.25) is 4.68 Å². The third-order valence-corrected chi connectivity index (χ3v) is 5.04. The zero-order valence-corrected chi connectivity index (χ0v) is 15.8. The highest BCUT2D eigenvalue weighted by Gasteiger charge is 2.15. The molecule has 0 amide bonds. The molecule has 3 aromatic rings. The van der Waals surface area contributed by atoms with Crippen molar-refractivity contribution in [2.45, 2.75) is 25.8 Å². The van der Waals surface area contributed by atoms with Gasteiger partial charge in [0.2, 0.25) is 0 Å². The van der Waals surface area contributed by atoms with Gasteiger partial charge >= 0.3 is 0 Å². The van der Waals surface area contributed by atoms with E-state index >= 15 is 0 Å². The maximum absolute atomic E-state index is 9.31. The second-order valence-electron chi connectivity index (χ2n) is 7.03. The molecule has 1 aromatic carbocycles. The first-order valence-corrected chi connectivity index (χ1v) is 9.58. The van der Waals surface area contributed by atoms with Gasteiger partial charge in [0.25, 0.3) is 0 Å². The highest BCUT2D eigenvalue weighted by molar-refractivity contribution is 5.62.